The molecule has 1 saturated heterocycles. The number of hydrogen-bond acceptors (Lipinski definition) is 4. The van der Waals surface area contributed by atoms with Crippen LogP contribution in [0.3, 0.4) is 0 Å². The summed E-state index contributed by atoms with van der Waals surface area (Å²) in [4.78, 5) is 16.6. The van der Waals surface area contributed by atoms with Crippen molar-refractivity contribution in [3.05, 3.63) is 23.8 Å². The van der Waals surface area contributed by atoms with E-state index in [4.69, 9.17) is 9.47 Å². The second-order valence-electron chi connectivity index (χ2n) is 7.61. The van der Waals surface area contributed by atoms with Crippen LogP contribution < -0.4 is 9.47 Å². The summed E-state index contributed by atoms with van der Waals surface area (Å²) < 4.78 is 11.8. The molecule has 0 radical (unpaired) electrons. The molecule has 0 bridgehead atoms. The Bertz CT molecular complexity index is 607. The Hall–Kier alpha value is -1.75. The summed E-state index contributed by atoms with van der Waals surface area (Å²) in [6.45, 7) is 6.27. The van der Waals surface area contributed by atoms with Crippen LogP contribution in [0.25, 0.3) is 0 Å². The minimum Gasteiger partial charge on any atom is -0.483 e. The third-order valence-electron chi connectivity index (χ3n) is 5.04. The van der Waals surface area contributed by atoms with E-state index < -0.39 is 0 Å². The molecule has 2 heterocycles. The zero-order valence-electron chi connectivity index (χ0n) is 15.2. The zero-order chi connectivity index (χ0) is 17.3. The minimum atomic E-state index is -0.212. The molecule has 1 aromatic rings. The first-order valence-electron chi connectivity index (χ1n) is 8.74. The number of likely N-dealkylation sites (tertiary alicyclic amines) is 1. The quantitative estimate of drug-likeness (QED) is 0.849. The molecule has 0 aliphatic carbocycles. The Morgan fingerprint density at radius 2 is 2.08 bits per heavy atom. The normalized spacial score (nSPS) is 20.3. The van der Waals surface area contributed by atoms with Gasteiger partial charge in [0.2, 0.25) is 0 Å². The molecule has 0 saturated carbocycles. The molecular weight excluding hydrogens is 304 g/mol. The van der Waals surface area contributed by atoms with Gasteiger partial charge in [-0.2, -0.15) is 0 Å². The fourth-order valence-electron chi connectivity index (χ4n) is 3.53. The highest BCUT2D eigenvalue weighted by Crippen LogP contribution is 2.41. The van der Waals surface area contributed by atoms with Gasteiger partial charge in [0.25, 0.3) is 5.91 Å². The average molecular weight is 332 g/mol. The van der Waals surface area contributed by atoms with Crippen LogP contribution in [-0.2, 0) is 11.2 Å². The maximum atomic E-state index is 12.5. The third-order valence-corrected chi connectivity index (χ3v) is 5.04. The van der Waals surface area contributed by atoms with Crippen molar-refractivity contribution in [1.82, 2.24) is 9.80 Å². The smallest absolute Gasteiger partial charge is 0.260 e. The number of likely N-dealkylation sites (N-methyl/N-ethyl adjacent to an activating group) is 1. The fourth-order valence-corrected chi connectivity index (χ4v) is 3.53. The molecule has 132 valence electrons. The van der Waals surface area contributed by atoms with Gasteiger partial charge in [-0.1, -0.05) is 12.1 Å². The number of para-hydroxylation sites is 1. The van der Waals surface area contributed by atoms with Crippen LogP contribution in [0, 0.1) is 0 Å². The number of carbonyl (C=O) groups is 1. The van der Waals surface area contributed by atoms with E-state index in [-0.39, 0.29) is 18.1 Å². The summed E-state index contributed by atoms with van der Waals surface area (Å²) in [5, 5.41) is 0. The predicted molar refractivity (Wildman–Crippen MR) is 93.6 cm³/mol. The van der Waals surface area contributed by atoms with Crippen molar-refractivity contribution in [2.24, 2.45) is 0 Å². The molecule has 0 unspecified atom stereocenters. The van der Waals surface area contributed by atoms with E-state index in [2.05, 4.69) is 31.9 Å². The Labute approximate surface area is 144 Å². The van der Waals surface area contributed by atoms with Crippen LogP contribution in [0.5, 0.6) is 11.5 Å². The molecule has 24 heavy (non-hydrogen) atoms. The van der Waals surface area contributed by atoms with Crippen LogP contribution in [-0.4, -0.2) is 61.1 Å². The molecule has 0 aromatic heterocycles. The van der Waals surface area contributed by atoms with E-state index >= 15 is 0 Å². The van der Waals surface area contributed by atoms with Crippen molar-refractivity contribution in [2.45, 2.75) is 44.8 Å². The maximum absolute atomic E-state index is 12.5. The van der Waals surface area contributed by atoms with Crippen molar-refractivity contribution in [3.63, 3.8) is 0 Å². The summed E-state index contributed by atoms with van der Waals surface area (Å²) in [6.07, 6.45) is 2.91. The van der Waals surface area contributed by atoms with Gasteiger partial charge in [-0.15, -0.1) is 0 Å². The second kappa shape index (κ2) is 6.63. The lowest BCUT2D eigenvalue weighted by Gasteiger charge is -2.35. The van der Waals surface area contributed by atoms with E-state index in [0.717, 1.165) is 43.7 Å². The van der Waals surface area contributed by atoms with Crippen molar-refractivity contribution in [1.29, 1.82) is 0 Å². The maximum Gasteiger partial charge on any atom is 0.260 e. The van der Waals surface area contributed by atoms with Crippen molar-refractivity contribution < 1.29 is 14.3 Å². The Morgan fingerprint density at radius 1 is 1.38 bits per heavy atom. The Balaban J connectivity index is 1.59. The summed E-state index contributed by atoms with van der Waals surface area (Å²) in [5.74, 6) is 1.49. The van der Waals surface area contributed by atoms with Gasteiger partial charge in [0.05, 0.1) is 0 Å². The number of nitrogens with zero attached hydrogens (tertiary/aromatic N) is 2. The standard InChI is InChI=1S/C19H28N2O3/c1-19(2)12-14-6-5-7-16(18(14)24-19)23-13-17(22)21(4)15-8-10-20(3)11-9-15/h5-7,15H,8-13H2,1-4H3. The number of ether oxygens (including phenoxy) is 2. The highest BCUT2D eigenvalue weighted by molar-refractivity contribution is 5.78. The molecule has 5 heteroatoms. The Morgan fingerprint density at radius 3 is 2.79 bits per heavy atom. The molecule has 2 aliphatic rings. The van der Waals surface area contributed by atoms with Gasteiger partial charge in [0.15, 0.2) is 18.1 Å². The SMILES string of the molecule is CN1CCC(N(C)C(=O)COc2cccc3c2OC(C)(C)C3)CC1. The number of carbonyl (C=O) groups excluding carboxylic acids is 1. The van der Waals surface area contributed by atoms with E-state index in [0.29, 0.717) is 11.8 Å². The number of fused-ring (bicyclic) bond motifs is 1. The number of amides is 1. The molecular formula is C19H28N2O3. The zero-order valence-corrected chi connectivity index (χ0v) is 15.2. The molecule has 3 rings (SSSR count). The molecule has 1 fully saturated rings. The summed E-state index contributed by atoms with van der Waals surface area (Å²) >= 11 is 0. The monoisotopic (exact) mass is 332 g/mol. The highest BCUT2D eigenvalue weighted by Gasteiger charge is 2.32. The van der Waals surface area contributed by atoms with Gasteiger partial charge in [0.1, 0.15) is 5.60 Å². The molecule has 2 aliphatic heterocycles. The Kier molecular flexibility index (Phi) is 4.72. The van der Waals surface area contributed by atoms with Crippen molar-refractivity contribution in [3.8, 4) is 11.5 Å². The number of piperidine rings is 1. The molecule has 0 N–H and O–H groups in total. The first-order chi connectivity index (χ1) is 11.4. The second-order valence-corrected chi connectivity index (χ2v) is 7.61. The highest BCUT2D eigenvalue weighted by atomic mass is 16.5. The van der Waals surface area contributed by atoms with Gasteiger partial charge in [-0.05, 0) is 52.9 Å². The average Bonchev–Trinajstić information content (AvgIpc) is 2.87. The summed E-state index contributed by atoms with van der Waals surface area (Å²) in [5.41, 5.74) is 0.935. The van der Waals surface area contributed by atoms with E-state index in [1.807, 2.05) is 24.1 Å². The van der Waals surface area contributed by atoms with Crippen LogP contribution in [0.1, 0.15) is 32.3 Å². The summed E-state index contributed by atoms with van der Waals surface area (Å²) in [7, 11) is 4.01. The van der Waals surface area contributed by atoms with Gasteiger partial charge in [-0.3, -0.25) is 4.79 Å². The molecule has 0 atom stereocenters. The first-order valence-corrected chi connectivity index (χ1v) is 8.74. The van der Waals surface area contributed by atoms with E-state index in [9.17, 15) is 4.79 Å². The van der Waals surface area contributed by atoms with Crippen LogP contribution in [0.2, 0.25) is 0 Å². The van der Waals surface area contributed by atoms with E-state index in [1.165, 1.54) is 0 Å². The minimum absolute atomic E-state index is 0.0272. The molecule has 5 nitrogen and oxygen atoms in total. The van der Waals surface area contributed by atoms with Gasteiger partial charge >= 0.3 is 0 Å². The van der Waals surface area contributed by atoms with Gasteiger partial charge in [0, 0.05) is 25.1 Å². The van der Waals surface area contributed by atoms with Crippen molar-refractivity contribution in [2.75, 3.05) is 33.8 Å². The third kappa shape index (κ3) is 3.66. The lowest BCUT2D eigenvalue weighted by molar-refractivity contribution is -0.135. The van der Waals surface area contributed by atoms with Gasteiger partial charge in [-0.25, -0.2) is 0 Å². The van der Waals surface area contributed by atoms with Crippen LogP contribution >= 0.6 is 0 Å². The predicted octanol–water partition coefficient (Wildman–Crippen LogP) is 2.33. The summed E-state index contributed by atoms with van der Waals surface area (Å²) in [6, 6.07) is 6.21. The number of hydrogen-bond donors (Lipinski definition) is 0. The van der Waals surface area contributed by atoms with Crippen LogP contribution in [0.15, 0.2) is 18.2 Å². The molecule has 1 amide bonds. The first kappa shape index (κ1) is 17.1. The van der Waals surface area contributed by atoms with Crippen LogP contribution in [0.4, 0.5) is 0 Å². The van der Waals surface area contributed by atoms with Gasteiger partial charge < -0.3 is 19.3 Å². The lowest BCUT2D eigenvalue weighted by atomic mass is 10.0. The lowest BCUT2D eigenvalue weighted by Crippen LogP contribution is -2.45. The largest absolute Gasteiger partial charge is 0.483 e. The fraction of sp³-hybridized carbons (Fsp3) is 0.632. The van der Waals surface area contributed by atoms with E-state index in [1.54, 1.807) is 0 Å². The molecule has 1 aromatic carbocycles. The molecule has 0 spiro atoms. The topological polar surface area (TPSA) is 42.0 Å². The number of rotatable bonds is 4. The number of benzene rings is 1. The van der Waals surface area contributed by atoms with Crippen molar-refractivity contribution >= 4 is 5.91 Å².